The van der Waals surface area contributed by atoms with E-state index < -0.39 is 17.9 Å². The maximum Gasteiger partial charge on any atom is 0.345 e. The summed E-state index contributed by atoms with van der Waals surface area (Å²) in [5.74, 6) is -1.80. The van der Waals surface area contributed by atoms with Crippen LogP contribution in [-0.2, 0) is 11.2 Å². The number of carboxylic acid groups (broad SMARTS) is 1. The van der Waals surface area contributed by atoms with Crippen LogP contribution in [0.4, 0.5) is 4.39 Å². The number of rotatable bonds is 6. The molecule has 35 heavy (non-hydrogen) atoms. The van der Waals surface area contributed by atoms with Crippen molar-refractivity contribution in [1.29, 1.82) is 0 Å². The van der Waals surface area contributed by atoms with Gasteiger partial charge < -0.3 is 9.84 Å². The van der Waals surface area contributed by atoms with E-state index in [4.69, 9.17) is 4.74 Å². The molecule has 4 aromatic carbocycles. The van der Waals surface area contributed by atoms with Crippen LogP contribution in [0.3, 0.4) is 0 Å². The first-order valence-electron chi connectivity index (χ1n) is 11.2. The monoisotopic (exact) mass is 548 g/mol. The number of carboxylic acids is 1. The maximum absolute atomic E-state index is 15.4. The Morgan fingerprint density at radius 2 is 1.71 bits per heavy atom. The van der Waals surface area contributed by atoms with Gasteiger partial charge in [0.15, 0.2) is 17.7 Å². The molecule has 0 aliphatic carbocycles. The smallest absolute Gasteiger partial charge is 0.345 e. The lowest BCUT2D eigenvalue weighted by Crippen LogP contribution is -2.29. The fourth-order valence-electron chi connectivity index (χ4n) is 4.44. The lowest BCUT2D eigenvalue weighted by atomic mass is 9.93. The molecular weight excluding hydrogens is 527 g/mol. The van der Waals surface area contributed by atoms with Crippen molar-refractivity contribution in [3.05, 3.63) is 99.1 Å². The van der Waals surface area contributed by atoms with Gasteiger partial charge in [-0.3, -0.25) is 0 Å². The molecule has 0 amide bonds. The van der Waals surface area contributed by atoms with E-state index in [9.17, 15) is 9.90 Å². The molecule has 0 radical (unpaired) electrons. The molecule has 0 aliphatic rings. The summed E-state index contributed by atoms with van der Waals surface area (Å²) in [4.78, 5) is 13.0. The van der Waals surface area contributed by atoms with Crippen LogP contribution in [0.5, 0.6) is 5.75 Å². The molecule has 0 bridgehead atoms. The number of fused-ring (bicyclic) bond motifs is 2. The van der Waals surface area contributed by atoms with Gasteiger partial charge in [0, 0.05) is 21.2 Å². The van der Waals surface area contributed by atoms with Crippen molar-refractivity contribution in [2.45, 2.75) is 26.4 Å². The number of aryl methyl sites for hydroxylation is 2. The van der Waals surface area contributed by atoms with Gasteiger partial charge in [-0.1, -0.05) is 60.7 Å². The summed E-state index contributed by atoms with van der Waals surface area (Å²) in [6.07, 6.45) is -1.05. The van der Waals surface area contributed by atoms with E-state index in [0.29, 0.717) is 0 Å². The number of hydrogen-bond donors (Lipinski definition) is 1. The summed E-state index contributed by atoms with van der Waals surface area (Å²) in [5.41, 5.74) is 3.66. The molecule has 1 aromatic heterocycles. The van der Waals surface area contributed by atoms with Crippen LogP contribution in [0.2, 0.25) is 0 Å². The van der Waals surface area contributed by atoms with Gasteiger partial charge in [0.05, 0.1) is 4.70 Å². The lowest BCUT2D eigenvalue weighted by Gasteiger charge is -2.17. The maximum atomic E-state index is 15.4. The molecule has 176 valence electrons. The van der Waals surface area contributed by atoms with Crippen molar-refractivity contribution in [2.75, 3.05) is 0 Å². The average Bonchev–Trinajstić information content (AvgIpc) is 3.15. The number of halogens is 2. The molecule has 5 rings (SSSR count). The molecule has 3 nitrogen and oxygen atoms in total. The summed E-state index contributed by atoms with van der Waals surface area (Å²) in [6, 6.07) is 22.0. The highest BCUT2D eigenvalue weighted by molar-refractivity contribution is 9.11. The minimum absolute atomic E-state index is 0.0760. The summed E-state index contributed by atoms with van der Waals surface area (Å²) < 4.78 is 23.2. The van der Waals surface area contributed by atoms with Gasteiger partial charge in [-0.2, -0.15) is 0 Å². The average molecular weight is 549 g/mol. The SMILES string of the molecule is Cc1sc2c(Br)c3ccccc3c(-c3ccc(OC(Cc4ccccc4)C(=O)O)c(F)c3)c2c1C. The van der Waals surface area contributed by atoms with Gasteiger partial charge in [-0.05, 0) is 74.9 Å². The summed E-state index contributed by atoms with van der Waals surface area (Å²) in [7, 11) is 0. The van der Waals surface area contributed by atoms with E-state index in [-0.39, 0.29) is 12.2 Å². The highest BCUT2D eigenvalue weighted by Gasteiger charge is 2.23. The van der Waals surface area contributed by atoms with Crippen molar-refractivity contribution in [1.82, 2.24) is 0 Å². The van der Waals surface area contributed by atoms with E-state index in [1.165, 1.54) is 22.6 Å². The van der Waals surface area contributed by atoms with Crippen molar-refractivity contribution >= 4 is 54.1 Å². The van der Waals surface area contributed by atoms with E-state index in [1.54, 1.807) is 17.4 Å². The topological polar surface area (TPSA) is 46.5 Å². The van der Waals surface area contributed by atoms with Gasteiger partial charge in [0.1, 0.15) is 0 Å². The van der Waals surface area contributed by atoms with E-state index >= 15 is 4.39 Å². The number of benzene rings is 4. The first kappa shape index (κ1) is 23.5. The van der Waals surface area contributed by atoms with E-state index in [2.05, 4.69) is 35.8 Å². The number of hydrogen-bond acceptors (Lipinski definition) is 3. The molecule has 1 unspecified atom stereocenters. The quantitative estimate of drug-likeness (QED) is 0.232. The Hall–Kier alpha value is -3.22. The first-order valence-corrected chi connectivity index (χ1v) is 12.8. The first-order chi connectivity index (χ1) is 16.8. The van der Waals surface area contributed by atoms with Gasteiger partial charge in [0.2, 0.25) is 0 Å². The van der Waals surface area contributed by atoms with Crippen molar-refractivity contribution < 1.29 is 19.0 Å². The third kappa shape index (κ3) is 4.32. The Labute approximate surface area is 214 Å². The molecule has 6 heteroatoms. The third-order valence-corrected chi connectivity index (χ3v) is 8.61. The van der Waals surface area contributed by atoms with Crippen LogP contribution in [-0.4, -0.2) is 17.2 Å². The van der Waals surface area contributed by atoms with E-state index in [1.807, 2.05) is 48.5 Å². The largest absolute Gasteiger partial charge is 0.478 e. The number of aliphatic carboxylic acids is 1. The fourth-order valence-corrected chi connectivity index (χ4v) is 6.35. The number of thiophene rings is 1. The minimum atomic E-state index is -1.19. The Kier molecular flexibility index (Phi) is 6.34. The molecule has 0 saturated heterocycles. The van der Waals surface area contributed by atoms with Crippen molar-refractivity contribution in [2.24, 2.45) is 0 Å². The summed E-state index contributed by atoms with van der Waals surface area (Å²) in [6.45, 7) is 4.19. The second-order valence-corrected chi connectivity index (χ2v) is 10.5. The van der Waals surface area contributed by atoms with Gasteiger partial charge in [-0.15, -0.1) is 11.3 Å². The third-order valence-electron chi connectivity index (χ3n) is 6.30. The van der Waals surface area contributed by atoms with E-state index in [0.717, 1.165) is 42.0 Å². The molecule has 1 heterocycles. The molecular formula is C29H22BrFO3S. The standard InChI is InChI=1S/C29H22BrFO3S/c1-16-17(2)35-28-25(16)26(20-10-6-7-11-21(20)27(28)30)19-12-13-23(22(31)15-19)34-24(29(32)33)14-18-8-4-3-5-9-18/h3-13,15,24H,14H2,1-2H3,(H,32,33). The van der Waals surface area contributed by atoms with Gasteiger partial charge in [0.25, 0.3) is 0 Å². The van der Waals surface area contributed by atoms with Crippen LogP contribution in [0.25, 0.3) is 32.0 Å². The zero-order valence-corrected chi connectivity index (χ0v) is 21.5. The molecule has 0 spiro atoms. The molecule has 5 aromatic rings. The molecule has 0 saturated carbocycles. The predicted octanol–water partition coefficient (Wildman–Crippen LogP) is 8.31. The van der Waals surface area contributed by atoms with Crippen LogP contribution >= 0.6 is 27.3 Å². The van der Waals surface area contributed by atoms with Crippen LogP contribution < -0.4 is 4.74 Å². The normalized spacial score (nSPS) is 12.2. The Balaban J connectivity index is 1.60. The van der Waals surface area contributed by atoms with Crippen LogP contribution in [0.1, 0.15) is 16.0 Å². The summed E-state index contributed by atoms with van der Waals surface area (Å²) in [5, 5.41) is 12.8. The highest BCUT2D eigenvalue weighted by Crippen LogP contribution is 2.47. The van der Waals surface area contributed by atoms with Crippen molar-refractivity contribution in [3.63, 3.8) is 0 Å². The minimum Gasteiger partial charge on any atom is -0.478 e. The Bertz CT molecular complexity index is 1580. The van der Waals surface area contributed by atoms with Crippen LogP contribution in [0, 0.1) is 19.7 Å². The summed E-state index contributed by atoms with van der Waals surface area (Å²) >= 11 is 5.51. The van der Waals surface area contributed by atoms with Gasteiger partial charge in [-0.25, -0.2) is 9.18 Å². The second-order valence-electron chi connectivity index (χ2n) is 8.50. The lowest BCUT2D eigenvalue weighted by molar-refractivity contribution is -0.145. The zero-order valence-electron chi connectivity index (χ0n) is 19.1. The second kappa shape index (κ2) is 9.44. The molecule has 1 atom stereocenters. The van der Waals surface area contributed by atoms with Gasteiger partial charge >= 0.3 is 5.97 Å². The number of ether oxygens (including phenoxy) is 1. The Morgan fingerprint density at radius 3 is 2.40 bits per heavy atom. The molecule has 0 aliphatic heterocycles. The van der Waals surface area contributed by atoms with Crippen molar-refractivity contribution in [3.8, 4) is 16.9 Å². The predicted molar refractivity (Wildman–Crippen MR) is 144 cm³/mol. The zero-order chi connectivity index (χ0) is 24.7. The molecule has 0 fully saturated rings. The number of carbonyl (C=O) groups is 1. The fraction of sp³-hybridized carbons (Fsp3) is 0.138. The Morgan fingerprint density at radius 1 is 1.03 bits per heavy atom. The highest BCUT2D eigenvalue weighted by atomic mass is 79.9. The van der Waals surface area contributed by atoms with Crippen LogP contribution in [0.15, 0.2) is 77.3 Å². The molecule has 1 N–H and O–H groups in total.